The Balaban J connectivity index is 1.98. The Morgan fingerprint density at radius 3 is 2.59 bits per heavy atom. The Labute approximate surface area is 187 Å². The summed E-state index contributed by atoms with van der Waals surface area (Å²) in [5.74, 6) is -1.61. The molecule has 0 bridgehead atoms. The smallest absolute Gasteiger partial charge is 0.342 e. The molecule has 174 valence electrons. The second kappa shape index (κ2) is 9.85. The number of benzene rings is 1. The van der Waals surface area contributed by atoms with Crippen molar-refractivity contribution in [1.29, 1.82) is 0 Å². The SMILES string of the molecule is C[C@@H]1/C=C\C(=O)[C@@H](O)C2(C/C=C/c3cc(NCC(O)CO)cc(O)c3C(=O)O[C@H]1C)CC2. The van der Waals surface area contributed by atoms with Gasteiger partial charge in [-0.05, 0) is 43.9 Å². The highest BCUT2D eigenvalue weighted by atomic mass is 16.5. The van der Waals surface area contributed by atoms with Crippen LogP contribution in [0.15, 0.2) is 30.4 Å². The standard InChI is InChI=1S/C24H31NO7/c1-14-5-6-19(28)22(30)24(8-9-24)7-3-4-16-10-17(25-12-18(27)13-26)11-20(29)21(16)23(31)32-15(14)2/h3-6,10-11,14-15,18,22,25-27,29-30H,7-9,12-13H2,1-2H3/b4-3+,6-5-/t14-,15+,18?,22-/m1/s1. The lowest BCUT2D eigenvalue weighted by Crippen LogP contribution is -2.30. The van der Waals surface area contributed by atoms with E-state index in [1.54, 1.807) is 38.1 Å². The molecule has 1 fully saturated rings. The van der Waals surface area contributed by atoms with Crippen LogP contribution < -0.4 is 5.32 Å². The summed E-state index contributed by atoms with van der Waals surface area (Å²) in [6.07, 6.45) is 5.68. The monoisotopic (exact) mass is 445 g/mol. The number of fused-ring (bicyclic) bond motifs is 1. The summed E-state index contributed by atoms with van der Waals surface area (Å²) < 4.78 is 5.53. The zero-order valence-corrected chi connectivity index (χ0v) is 18.3. The number of ketones is 1. The molecule has 1 aromatic rings. The Kier molecular flexibility index (Phi) is 7.38. The summed E-state index contributed by atoms with van der Waals surface area (Å²) in [6, 6.07) is 3.00. The van der Waals surface area contributed by atoms with Crippen LogP contribution in [0.3, 0.4) is 0 Å². The Bertz CT molecular complexity index is 919. The number of phenols is 1. The second-order valence-electron chi connectivity index (χ2n) is 8.78. The zero-order chi connectivity index (χ0) is 23.5. The number of aliphatic hydroxyl groups is 3. The lowest BCUT2D eigenvalue weighted by molar-refractivity contribution is -0.125. The Morgan fingerprint density at radius 2 is 1.94 bits per heavy atom. The average Bonchev–Trinajstić information content (AvgIpc) is 3.54. The van der Waals surface area contributed by atoms with Gasteiger partial charge in [0.1, 0.15) is 23.5 Å². The van der Waals surface area contributed by atoms with Gasteiger partial charge in [-0.3, -0.25) is 4.79 Å². The molecule has 1 saturated carbocycles. The van der Waals surface area contributed by atoms with Gasteiger partial charge in [0.05, 0.1) is 12.7 Å². The van der Waals surface area contributed by atoms with Gasteiger partial charge in [-0.1, -0.05) is 25.2 Å². The molecule has 1 aliphatic heterocycles. The van der Waals surface area contributed by atoms with Crippen LogP contribution in [-0.2, 0) is 9.53 Å². The number of carbonyl (C=O) groups is 2. The highest BCUT2D eigenvalue weighted by molar-refractivity contribution is 5.98. The molecule has 5 N–H and O–H groups in total. The molecule has 1 aliphatic carbocycles. The molecule has 32 heavy (non-hydrogen) atoms. The molecule has 1 aromatic carbocycles. The minimum Gasteiger partial charge on any atom is -0.507 e. The van der Waals surface area contributed by atoms with E-state index in [9.17, 15) is 24.9 Å². The lowest BCUT2D eigenvalue weighted by atomic mass is 9.90. The normalized spacial score (nSPS) is 28.2. The number of hydrogen-bond acceptors (Lipinski definition) is 8. The number of nitrogens with one attached hydrogen (secondary N) is 1. The highest BCUT2D eigenvalue weighted by Crippen LogP contribution is 2.52. The van der Waals surface area contributed by atoms with Gasteiger partial charge in [-0.25, -0.2) is 4.79 Å². The molecule has 0 aromatic heterocycles. The first-order valence-corrected chi connectivity index (χ1v) is 10.8. The fourth-order valence-electron chi connectivity index (χ4n) is 3.71. The topological polar surface area (TPSA) is 136 Å². The first-order valence-electron chi connectivity index (χ1n) is 10.8. The van der Waals surface area contributed by atoms with E-state index >= 15 is 0 Å². The van der Waals surface area contributed by atoms with Gasteiger partial charge in [0.25, 0.3) is 0 Å². The summed E-state index contributed by atoms with van der Waals surface area (Å²) in [6.45, 7) is 3.14. The molecule has 1 unspecified atom stereocenters. The number of esters is 1. The summed E-state index contributed by atoms with van der Waals surface area (Å²) in [5.41, 5.74) is 0.352. The first kappa shape index (κ1) is 24.0. The number of rotatable bonds is 4. The van der Waals surface area contributed by atoms with Crippen molar-refractivity contribution in [1.82, 2.24) is 0 Å². The van der Waals surface area contributed by atoms with Crippen molar-refractivity contribution in [2.45, 2.75) is 51.4 Å². The number of phenolic OH excluding ortho intramolecular Hbond substituents is 1. The second-order valence-corrected chi connectivity index (χ2v) is 8.78. The summed E-state index contributed by atoms with van der Waals surface area (Å²) in [4.78, 5) is 25.3. The lowest BCUT2D eigenvalue weighted by Gasteiger charge is -2.21. The van der Waals surface area contributed by atoms with Crippen LogP contribution in [-0.4, -0.2) is 63.6 Å². The van der Waals surface area contributed by atoms with Gasteiger partial charge in [-0.2, -0.15) is 0 Å². The maximum absolute atomic E-state index is 12.9. The largest absolute Gasteiger partial charge is 0.507 e. The van der Waals surface area contributed by atoms with E-state index in [1.165, 1.54) is 12.1 Å². The van der Waals surface area contributed by atoms with Gasteiger partial charge in [0, 0.05) is 29.6 Å². The molecule has 3 rings (SSSR count). The molecule has 8 heteroatoms. The minimum atomic E-state index is -1.10. The van der Waals surface area contributed by atoms with E-state index in [0.717, 1.165) is 12.8 Å². The van der Waals surface area contributed by atoms with Gasteiger partial charge >= 0.3 is 5.97 Å². The number of carbonyl (C=O) groups excluding carboxylic acids is 2. The van der Waals surface area contributed by atoms with Crippen LogP contribution in [0.2, 0.25) is 0 Å². The van der Waals surface area contributed by atoms with Crippen LogP contribution in [0, 0.1) is 11.3 Å². The number of ether oxygens (including phenoxy) is 1. The van der Waals surface area contributed by atoms with Crippen molar-refractivity contribution in [2.24, 2.45) is 11.3 Å². The maximum Gasteiger partial charge on any atom is 0.342 e. The van der Waals surface area contributed by atoms with Crippen molar-refractivity contribution in [3.05, 3.63) is 41.5 Å². The fraction of sp³-hybridized carbons (Fsp3) is 0.500. The van der Waals surface area contributed by atoms with Crippen LogP contribution in [0.25, 0.3) is 6.08 Å². The van der Waals surface area contributed by atoms with Crippen molar-refractivity contribution >= 4 is 23.5 Å². The average molecular weight is 446 g/mol. The number of aromatic hydroxyl groups is 1. The Morgan fingerprint density at radius 1 is 1.22 bits per heavy atom. The van der Waals surface area contributed by atoms with Crippen LogP contribution in [0.1, 0.15) is 49.0 Å². The van der Waals surface area contributed by atoms with E-state index < -0.39 is 36.3 Å². The van der Waals surface area contributed by atoms with Crippen molar-refractivity contribution in [3.63, 3.8) is 0 Å². The quantitative estimate of drug-likeness (QED) is 0.444. The van der Waals surface area contributed by atoms with Gasteiger partial charge < -0.3 is 30.5 Å². The Hall–Kier alpha value is -2.68. The molecule has 0 radical (unpaired) electrons. The predicted molar refractivity (Wildman–Crippen MR) is 119 cm³/mol. The third-order valence-corrected chi connectivity index (χ3v) is 6.27. The first-order chi connectivity index (χ1) is 15.2. The third-order valence-electron chi connectivity index (χ3n) is 6.27. The van der Waals surface area contributed by atoms with Crippen LogP contribution >= 0.6 is 0 Å². The number of cyclic esters (lactones) is 1. The molecule has 1 heterocycles. The van der Waals surface area contributed by atoms with Crippen molar-refractivity contribution < 1.29 is 34.8 Å². The van der Waals surface area contributed by atoms with Gasteiger partial charge in [0.2, 0.25) is 0 Å². The number of hydrogen-bond donors (Lipinski definition) is 5. The van der Waals surface area contributed by atoms with Crippen molar-refractivity contribution in [2.75, 3.05) is 18.5 Å². The van der Waals surface area contributed by atoms with E-state index in [4.69, 9.17) is 9.84 Å². The molecular formula is C24H31NO7. The summed E-state index contributed by atoms with van der Waals surface area (Å²) in [5, 5.41) is 42.7. The fourth-order valence-corrected chi connectivity index (χ4v) is 3.71. The summed E-state index contributed by atoms with van der Waals surface area (Å²) >= 11 is 0. The molecule has 2 aliphatic rings. The zero-order valence-electron chi connectivity index (χ0n) is 18.3. The molecule has 0 amide bonds. The minimum absolute atomic E-state index is 0.0102. The maximum atomic E-state index is 12.9. The third kappa shape index (κ3) is 5.38. The molecule has 8 nitrogen and oxygen atoms in total. The highest BCUT2D eigenvalue weighted by Gasteiger charge is 2.50. The van der Waals surface area contributed by atoms with E-state index in [-0.39, 0.29) is 29.6 Å². The van der Waals surface area contributed by atoms with Crippen LogP contribution in [0.5, 0.6) is 5.75 Å². The van der Waals surface area contributed by atoms with E-state index in [1.807, 2.05) is 0 Å². The van der Waals surface area contributed by atoms with E-state index in [0.29, 0.717) is 17.7 Å². The molecule has 4 atom stereocenters. The van der Waals surface area contributed by atoms with Gasteiger partial charge in [0.15, 0.2) is 5.78 Å². The number of allylic oxidation sites excluding steroid dienone is 1. The molecule has 0 saturated heterocycles. The molecule has 1 spiro atoms. The van der Waals surface area contributed by atoms with Crippen molar-refractivity contribution in [3.8, 4) is 5.75 Å². The predicted octanol–water partition coefficient (Wildman–Crippen LogP) is 2.02. The summed E-state index contributed by atoms with van der Waals surface area (Å²) in [7, 11) is 0. The molecular weight excluding hydrogens is 414 g/mol. The van der Waals surface area contributed by atoms with Gasteiger partial charge in [-0.15, -0.1) is 0 Å². The van der Waals surface area contributed by atoms with Crippen LogP contribution in [0.4, 0.5) is 5.69 Å². The number of anilines is 1. The number of aliphatic hydroxyl groups excluding tert-OH is 3. The van der Waals surface area contributed by atoms with E-state index in [2.05, 4.69) is 5.32 Å².